The number of ether oxygens (including phenoxy) is 1. The lowest BCUT2D eigenvalue weighted by Crippen LogP contribution is -2.28. The number of thiophene rings is 1. The molecule has 0 saturated heterocycles. The van der Waals surface area contributed by atoms with Crippen LogP contribution in [0.4, 0.5) is 0 Å². The number of rotatable bonds is 4. The van der Waals surface area contributed by atoms with Gasteiger partial charge in [0, 0.05) is 13.1 Å². The van der Waals surface area contributed by atoms with E-state index in [0.29, 0.717) is 6.10 Å². The summed E-state index contributed by atoms with van der Waals surface area (Å²) in [6.45, 7) is 4.06. The molecule has 0 aliphatic carbocycles. The van der Waals surface area contributed by atoms with Gasteiger partial charge in [0.1, 0.15) is 6.10 Å². The molecule has 1 unspecified atom stereocenters. The molecule has 1 aromatic heterocycles. The molecule has 0 fully saturated rings. The summed E-state index contributed by atoms with van der Waals surface area (Å²) in [5.41, 5.74) is 2.79. The van der Waals surface area contributed by atoms with E-state index in [0.717, 1.165) is 25.9 Å². The fraction of sp³-hybridized carbons (Fsp3) is 0.500. The topological polar surface area (TPSA) is 21.3 Å². The molecule has 2 rings (SSSR count). The van der Waals surface area contributed by atoms with E-state index >= 15 is 0 Å². The van der Waals surface area contributed by atoms with Crippen LogP contribution in [0.5, 0.6) is 0 Å². The summed E-state index contributed by atoms with van der Waals surface area (Å²) in [5, 5.41) is 7.85. The molecule has 0 aromatic carbocycles. The number of aryl methyl sites for hydroxylation is 1. The van der Waals surface area contributed by atoms with Gasteiger partial charge in [-0.05, 0) is 47.7 Å². The Morgan fingerprint density at radius 3 is 3.13 bits per heavy atom. The van der Waals surface area contributed by atoms with Crippen LogP contribution in [0, 0.1) is 6.92 Å². The Morgan fingerprint density at radius 2 is 2.47 bits per heavy atom. The third-order valence-corrected chi connectivity index (χ3v) is 3.58. The van der Waals surface area contributed by atoms with Crippen LogP contribution in [0.3, 0.4) is 0 Å². The first-order valence-electron chi connectivity index (χ1n) is 5.39. The van der Waals surface area contributed by atoms with Crippen LogP contribution < -0.4 is 5.32 Å². The van der Waals surface area contributed by atoms with Gasteiger partial charge in [-0.2, -0.15) is 11.3 Å². The average molecular weight is 223 g/mol. The molecule has 0 bridgehead atoms. The average Bonchev–Trinajstić information content (AvgIpc) is 2.66. The number of nitrogens with one attached hydrogen (secondary N) is 1. The second kappa shape index (κ2) is 5.33. The number of hydrogen-bond acceptors (Lipinski definition) is 3. The third-order valence-electron chi connectivity index (χ3n) is 2.67. The van der Waals surface area contributed by atoms with E-state index in [1.807, 2.05) is 6.26 Å². The van der Waals surface area contributed by atoms with Crippen molar-refractivity contribution in [2.45, 2.75) is 32.4 Å². The zero-order valence-corrected chi connectivity index (χ0v) is 9.85. The van der Waals surface area contributed by atoms with Crippen molar-refractivity contribution >= 4 is 11.3 Å². The Morgan fingerprint density at radius 1 is 1.53 bits per heavy atom. The van der Waals surface area contributed by atoms with Crippen LogP contribution in [0.25, 0.3) is 0 Å². The highest BCUT2D eigenvalue weighted by molar-refractivity contribution is 7.08. The van der Waals surface area contributed by atoms with E-state index in [1.54, 1.807) is 11.3 Å². The zero-order chi connectivity index (χ0) is 10.5. The normalized spacial score (nSPS) is 20.2. The zero-order valence-electron chi connectivity index (χ0n) is 9.03. The molecule has 15 heavy (non-hydrogen) atoms. The van der Waals surface area contributed by atoms with E-state index in [2.05, 4.69) is 29.1 Å². The Bertz CT molecular complexity index is 332. The standard InChI is InChI=1S/C12H17NOS/c1-10-8-15-9-11(10)6-13-7-12-4-2-3-5-14-12/h3,5,8-9,12-13H,2,4,6-7H2,1H3. The van der Waals surface area contributed by atoms with Gasteiger partial charge in [-0.15, -0.1) is 0 Å². The molecule has 3 heteroatoms. The van der Waals surface area contributed by atoms with Crippen molar-refractivity contribution in [1.82, 2.24) is 5.32 Å². The summed E-state index contributed by atoms with van der Waals surface area (Å²) >= 11 is 1.77. The summed E-state index contributed by atoms with van der Waals surface area (Å²) in [7, 11) is 0. The molecule has 2 heterocycles. The van der Waals surface area contributed by atoms with E-state index < -0.39 is 0 Å². The predicted molar refractivity (Wildman–Crippen MR) is 64.0 cm³/mol. The maximum absolute atomic E-state index is 5.49. The summed E-state index contributed by atoms with van der Waals surface area (Å²) in [6.07, 6.45) is 6.54. The third kappa shape index (κ3) is 3.08. The Labute approximate surface area is 95.0 Å². The maximum Gasteiger partial charge on any atom is 0.110 e. The van der Waals surface area contributed by atoms with E-state index in [9.17, 15) is 0 Å². The second-order valence-electron chi connectivity index (χ2n) is 3.92. The van der Waals surface area contributed by atoms with Crippen molar-refractivity contribution in [1.29, 1.82) is 0 Å². The monoisotopic (exact) mass is 223 g/mol. The van der Waals surface area contributed by atoms with Crippen molar-refractivity contribution < 1.29 is 4.74 Å². The molecule has 1 aromatic rings. The summed E-state index contributed by atoms with van der Waals surface area (Å²) in [4.78, 5) is 0. The Hall–Kier alpha value is -0.800. The van der Waals surface area contributed by atoms with Crippen LogP contribution >= 0.6 is 11.3 Å². The smallest absolute Gasteiger partial charge is 0.110 e. The van der Waals surface area contributed by atoms with Crippen molar-refractivity contribution in [2.24, 2.45) is 0 Å². The van der Waals surface area contributed by atoms with E-state index in [1.165, 1.54) is 11.1 Å². The van der Waals surface area contributed by atoms with Crippen molar-refractivity contribution in [3.05, 3.63) is 34.2 Å². The van der Waals surface area contributed by atoms with Gasteiger partial charge in [-0.1, -0.05) is 0 Å². The fourth-order valence-corrected chi connectivity index (χ4v) is 2.53. The Kier molecular flexibility index (Phi) is 3.80. The fourth-order valence-electron chi connectivity index (χ4n) is 1.67. The largest absolute Gasteiger partial charge is 0.497 e. The minimum atomic E-state index is 0.356. The van der Waals surface area contributed by atoms with Crippen LogP contribution in [0.2, 0.25) is 0 Å². The highest BCUT2D eigenvalue weighted by Gasteiger charge is 2.10. The molecule has 1 aliphatic rings. The van der Waals surface area contributed by atoms with Crippen molar-refractivity contribution in [3.63, 3.8) is 0 Å². The lowest BCUT2D eigenvalue weighted by atomic mass is 10.1. The van der Waals surface area contributed by atoms with Gasteiger partial charge < -0.3 is 10.1 Å². The van der Waals surface area contributed by atoms with Crippen LogP contribution in [-0.2, 0) is 11.3 Å². The van der Waals surface area contributed by atoms with Crippen LogP contribution in [0.15, 0.2) is 23.1 Å². The van der Waals surface area contributed by atoms with Gasteiger partial charge in [0.25, 0.3) is 0 Å². The molecule has 2 nitrogen and oxygen atoms in total. The molecular formula is C12H17NOS. The Balaban J connectivity index is 1.71. The summed E-state index contributed by atoms with van der Waals surface area (Å²) in [6, 6.07) is 0. The van der Waals surface area contributed by atoms with Gasteiger partial charge in [0.05, 0.1) is 6.26 Å². The van der Waals surface area contributed by atoms with Gasteiger partial charge in [0.15, 0.2) is 0 Å². The molecular weight excluding hydrogens is 206 g/mol. The van der Waals surface area contributed by atoms with Crippen molar-refractivity contribution in [3.8, 4) is 0 Å². The molecule has 1 atom stereocenters. The molecule has 0 saturated carbocycles. The first kappa shape index (κ1) is 10.7. The van der Waals surface area contributed by atoms with E-state index in [-0.39, 0.29) is 0 Å². The lowest BCUT2D eigenvalue weighted by molar-refractivity contribution is 0.122. The maximum atomic E-state index is 5.49. The highest BCUT2D eigenvalue weighted by atomic mass is 32.1. The molecule has 0 amide bonds. The minimum Gasteiger partial charge on any atom is -0.497 e. The SMILES string of the molecule is Cc1cscc1CNCC1CCC=CO1. The molecule has 1 N–H and O–H groups in total. The van der Waals surface area contributed by atoms with Gasteiger partial charge in [0.2, 0.25) is 0 Å². The quantitative estimate of drug-likeness (QED) is 0.847. The van der Waals surface area contributed by atoms with E-state index in [4.69, 9.17) is 4.74 Å². The van der Waals surface area contributed by atoms with Crippen molar-refractivity contribution in [2.75, 3.05) is 6.54 Å². The van der Waals surface area contributed by atoms with Crippen LogP contribution in [-0.4, -0.2) is 12.6 Å². The number of hydrogen-bond donors (Lipinski definition) is 1. The molecule has 0 radical (unpaired) electrons. The molecule has 0 spiro atoms. The second-order valence-corrected chi connectivity index (χ2v) is 4.66. The molecule has 82 valence electrons. The first-order valence-corrected chi connectivity index (χ1v) is 6.33. The van der Waals surface area contributed by atoms with Gasteiger partial charge >= 0.3 is 0 Å². The summed E-state index contributed by atoms with van der Waals surface area (Å²) in [5.74, 6) is 0. The first-order chi connectivity index (χ1) is 7.36. The lowest BCUT2D eigenvalue weighted by Gasteiger charge is -2.19. The summed E-state index contributed by atoms with van der Waals surface area (Å²) < 4.78 is 5.49. The van der Waals surface area contributed by atoms with Gasteiger partial charge in [-0.25, -0.2) is 0 Å². The molecule has 1 aliphatic heterocycles. The van der Waals surface area contributed by atoms with Crippen LogP contribution in [0.1, 0.15) is 24.0 Å². The minimum absolute atomic E-state index is 0.356. The van der Waals surface area contributed by atoms with Gasteiger partial charge in [-0.3, -0.25) is 0 Å². The number of allylic oxidation sites excluding steroid dienone is 1. The predicted octanol–water partition coefficient (Wildman–Crippen LogP) is 2.84. The highest BCUT2D eigenvalue weighted by Crippen LogP contribution is 2.13.